The monoisotopic (exact) mass is 418 g/mol. The van der Waals surface area contributed by atoms with Gasteiger partial charge in [0.15, 0.2) is 0 Å². The minimum Gasteiger partial charge on any atom is -0.496 e. The number of nitrogens with zero attached hydrogens (tertiary/aromatic N) is 2. The first-order chi connectivity index (χ1) is 14.4. The van der Waals surface area contributed by atoms with Gasteiger partial charge in [-0.05, 0) is 25.8 Å². The Morgan fingerprint density at radius 1 is 1.10 bits per heavy atom. The van der Waals surface area contributed by atoms with Gasteiger partial charge in [-0.2, -0.15) is 0 Å². The van der Waals surface area contributed by atoms with Crippen LogP contribution in [0.4, 0.5) is 4.79 Å². The van der Waals surface area contributed by atoms with E-state index >= 15 is 0 Å². The fourth-order valence-corrected chi connectivity index (χ4v) is 3.34. The van der Waals surface area contributed by atoms with E-state index in [-0.39, 0.29) is 36.7 Å². The highest BCUT2D eigenvalue weighted by Crippen LogP contribution is 2.19. The Hall–Kier alpha value is -2.77. The summed E-state index contributed by atoms with van der Waals surface area (Å²) in [6.07, 6.45) is 2.13. The highest BCUT2D eigenvalue weighted by molar-refractivity contribution is 5.80. The number of carbonyl (C=O) groups excluding carboxylic acids is 3. The minimum atomic E-state index is -0.189. The fourth-order valence-electron chi connectivity index (χ4n) is 3.34. The predicted octanol–water partition coefficient (Wildman–Crippen LogP) is 1.79. The standard InChI is InChI=1S/C22H34N4O4/c1-4-17(2)24-20(27)10-11-23-22(29)26-13-7-12-25(14-15-26)21(28)16-18-8-5-6-9-19(18)30-3/h5-6,8-9,17H,4,7,10-16H2,1-3H3,(H,23,29)(H,24,27)/t17-/m0/s1. The van der Waals surface area contributed by atoms with Gasteiger partial charge < -0.3 is 25.2 Å². The van der Waals surface area contributed by atoms with Crippen molar-refractivity contribution in [3.8, 4) is 5.75 Å². The van der Waals surface area contributed by atoms with Gasteiger partial charge in [0.05, 0.1) is 13.5 Å². The smallest absolute Gasteiger partial charge is 0.317 e. The van der Waals surface area contributed by atoms with Crippen LogP contribution in [0.5, 0.6) is 5.75 Å². The lowest BCUT2D eigenvalue weighted by Gasteiger charge is -2.23. The summed E-state index contributed by atoms with van der Waals surface area (Å²) in [6.45, 7) is 6.44. The van der Waals surface area contributed by atoms with Crippen LogP contribution < -0.4 is 15.4 Å². The van der Waals surface area contributed by atoms with Gasteiger partial charge in [-0.15, -0.1) is 0 Å². The van der Waals surface area contributed by atoms with Crippen LogP contribution in [0.2, 0.25) is 0 Å². The molecule has 1 aliphatic heterocycles. The summed E-state index contributed by atoms with van der Waals surface area (Å²) in [5.41, 5.74) is 0.861. The van der Waals surface area contributed by atoms with Gasteiger partial charge in [0.25, 0.3) is 0 Å². The molecule has 1 fully saturated rings. The van der Waals surface area contributed by atoms with Crippen LogP contribution in [0, 0.1) is 0 Å². The van der Waals surface area contributed by atoms with Crippen molar-refractivity contribution in [2.24, 2.45) is 0 Å². The molecule has 8 nitrogen and oxygen atoms in total. The number of nitrogens with one attached hydrogen (secondary N) is 2. The zero-order chi connectivity index (χ0) is 21.9. The van der Waals surface area contributed by atoms with Gasteiger partial charge in [0.1, 0.15) is 5.75 Å². The maximum atomic E-state index is 12.7. The van der Waals surface area contributed by atoms with Gasteiger partial charge >= 0.3 is 6.03 Å². The van der Waals surface area contributed by atoms with Crippen molar-refractivity contribution in [3.05, 3.63) is 29.8 Å². The summed E-state index contributed by atoms with van der Waals surface area (Å²) < 4.78 is 5.33. The van der Waals surface area contributed by atoms with Crippen molar-refractivity contribution >= 4 is 17.8 Å². The molecule has 30 heavy (non-hydrogen) atoms. The molecule has 1 saturated heterocycles. The molecule has 1 aliphatic rings. The summed E-state index contributed by atoms with van der Waals surface area (Å²) in [6, 6.07) is 7.46. The highest BCUT2D eigenvalue weighted by Gasteiger charge is 2.22. The van der Waals surface area contributed by atoms with Crippen molar-refractivity contribution in [2.75, 3.05) is 39.8 Å². The van der Waals surface area contributed by atoms with Crippen LogP contribution in [0.3, 0.4) is 0 Å². The van der Waals surface area contributed by atoms with Gasteiger partial charge in [-0.25, -0.2) is 4.79 Å². The lowest BCUT2D eigenvalue weighted by atomic mass is 10.1. The maximum absolute atomic E-state index is 12.7. The molecule has 1 aromatic carbocycles. The van der Waals surface area contributed by atoms with E-state index in [1.165, 1.54) is 0 Å². The topological polar surface area (TPSA) is 91.0 Å². The second kappa shape index (κ2) is 12.0. The summed E-state index contributed by atoms with van der Waals surface area (Å²) in [5, 5.41) is 5.69. The van der Waals surface area contributed by atoms with E-state index in [9.17, 15) is 14.4 Å². The normalized spacial score (nSPS) is 15.2. The molecule has 0 unspecified atom stereocenters. The number of rotatable bonds is 8. The van der Waals surface area contributed by atoms with Crippen molar-refractivity contribution in [1.82, 2.24) is 20.4 Å². The van der Waals surface area contributed by atoms with E-state index in [4.69, 9.17) is 4.74 Å². The molecule has 0 saturated carbocycles. The Balaban J connectivity index is 1.77. The molecule has 4 amide bonds. The second-order valence-corrected chi connectivity index (χ2v) is 7.57. The van der Waals surface area contributed by atoms with Crippen LogP contribution in [-0.2, 0) is 16.0 Å². The van der Waals surface area contributed by atoms with Gasteiger partial charge in [-0.3, -0.25) is 9.59 Å². The number of carbonyl (C=O) groups is 3. The average molecular weight is 419 g/mol. The quantitative estimate of drug-likeness (QED) is 0.673. The molecular weight excluding hydrogens is 384 g/mol. The first kappa shape index (κ1) is 23.5. The van der Waals surface area contributed by atoms with Crippen molar-refractivity contribution < 1.29 is 19.1 Å². The third-order valence-corrected chi connectivity index (χ3v) is 5.32. The lowest BCUT2D eigenvalue weighted by Crippen LogP contribution is -2.44. The minimum absolute atomic E-state index is 0.0310. The number of amides is 4. The zero-order valence-corrected chi connectivity index (χ0v) is 18.3. The van der Waals surface area contributed by atoms with Gasteiger partial charge in [0, 0.05) is 50.7 Å². The number of benzene rings is 1. The number of ether oxygens (including phenoxy) is 1. The van der Waals surface area contributed by atoms with Crippen LogP contribution in [0.15, 0.2) is 24.3 Å². The number of hydrogen-bond donors (Lipinski definition) is 2. The molecule has 0 spiro atoms. The largest absolute Gasteiger partial charge is 0.496 e. The molecule has 0 bridgehead atoms. The Morgan fingerprint density at radius 3 is 2.53 bits per heavy atom. The second-order valence-electron chi connectivity index (χ2n) is 7.57. The first-order valence-corrected chi connectivity index (χ1v) is 10.7. The fraction of sp³-hybridized carbons (Fsp3) is 0.591. The average Bonchev–Trinajstić information content (AvgIpc) is 3.00. The first-order valence-electron chi connectivity index (χ1n) is 10.7. The highest BCUT2D eigenvalue weighted by atomic mass is 16.5. The van der Waals surface area contributed by atoms with Crippen LogP contribution in [-0.4, -0.2) is 73.5 Å². The maximum Gasteiger partial charge on any atom is 0.317 e. The molecule has 1 heterocycles. The molecule has 2 N–H and O–H groups in total. The molecule has 0 aromatic heterocycles. The molecule has 1 aromatic rings. The van der Waals surface area contributed by atoms with Gasteiger partial charge in [0.2, 0.25) is 11.8 Å². The Kier molecular flexibility index (Phi) is 9.44. The van der Waals surface area contributed by atoms with Gasteiger partial charge in [-0.1, -0.05) is 25.1 Å². The molecule has 2 rings (SSSR count). The Bertz CT molecular complexity index is 725. The van der Waals surface area contributed by atoms with E-state index in [0.29, 0.717) is 38.5 Å². The van der Waals surface area contributed by atoms with E-state index in [1.807, 2.05) is 38.1 Å². The van der Waals surface area contributed by atoms with Crippen LogP contribution >= 0.6 is 0 Å². The number of methoxy groups -OCH3 is 1. The Morgan fingerprint density at radius 2 is 1.80 bits per heavy atom. The van der Waals surface area contributed by atoms with E-state index in [1.54, 1.807) is 16.9 Å². The summed E-state index contributed by atoms with van der Waals surface area (Å²) >= 11 is 0. The Labute approximate surface area is 178 Å². The third kappa shape index (κ3) is 7.24. The van der Waals surface area contributed by atoms with E-state index < -0.39 is 0 Å². The molecule has 8 heteroatoms. The summed E-state index contributed by atoms with van der Waals surface area (Å²) in [4.78, 5) is 40.5. The summed E-state index contributed by atoms with van der Waals surface area (Å²) in [5.74, 6) is 0.677. The van der Waals surface area contributed by atoms with E-state index in [2.05, 4.69) is 10.6 Å². The zero-order valence-electron chi connectivity index (χ0n) is 18.3. The number of hydrogen-bond acceptors (Lipinski definition) is 4. The summed E-state index contributed by atoms with van der Waals surface area (Å²) in [7, 11) is 1.60. The van der Waals surface area contributed by atoms with Crippen molar-refractivity contribution in [2.45, 2.75) is 45.6 Å². The molecule has 0 aliphatic carbocycles. The molecule has 0 radical (unpaired) electrons. The third-order valence-electron chi connectivity index (χ3n) is 5.32. The van der Waals surface area contributed by atoms with E-state index in [0.717, 1.165) is 18.4 Å². The predicted molar refractivity (Wildman–Crippen MR) is 115 cm³/mol. The van der Waals surface area contributed by atoms with Crippen molar-refractivity contribution in [1.29, 1.82) is 0 Å². The van der Waals surface area contributed by atoms with Crippen LogP contribution in [0.25, 0.3) is 0 Å². The molecular formula is C22H34N4O4. The molecule has 166 valence electrons. The van der Waals surface area contributed by atoms with Crippen LogP contribution in [0.1, 0.15) is 38.7 Å². The SMILES string of the molecule is CC[C@H](C)NC(=O)CCNC(=O)N1CCCN(C(=O)Cc2ccccc2OC)CC1. The van der Waals surface area contributed by atoms with Crippen molar-refractivity contribution in [3.63, 3.8) is 0 Å². The lowest BCUT2D eigenvalue weighted by molar-refractivity contribution is -0.130. The molecule has 1 atom stereocenters. The number of para-hydroxylation sites is 1. The number of urea groups is 1.